The van der Waals surface area contributed by atoms with Crippen molar-refractivity contribution in [1.29, 1.82) is 0 Å². The minimum atomic E-state index is -1.13. The third-order valence-electron chi connectivity index (χ3n) is 3.58. The van der Waals surface area contributed by atoms with E-state index in [-0.39, 0.29) is 18.0 Å². The molecule has 6 nitrogen and oxygen atoms in total. The van der Waals surface area contributed by atoms with Crippen LogP contribution in [0.5, 0.6) is 0 Å². The number of nitrogens with one attached hydrogen (secondary N) is 1. The van der Waals surface area contributed by atoms with Crippen LogP contribution in [-0.2, 0) is 14.4 Å². The molecule has 2 rings (SSSR count). The number of oxime groups is 1. The molecular weight excluding hydrogens is 236 g/mol. The van der Waals surface area contributed by atoms with E-state index in [1.54, 1.807) is 0 Å². The van der Waals surface area contributed by atoms with Crippen LogP contribution in [0.1, 0.15) is 32.6 Å². The third-order valence-corrected chi connectivity index (χ3v) is 3.58. The van der Waals surface area contributed by atoms with Crippen LogP contribution in [0.25, 0.3) is 0 Å². The van der Waals surface area contributed by atoms with Gasteiger partial charge in [-0.1, -0.05) is 18.5 Å². The summed E-state index contributed by atoms with van der Waals surface area (Å²) in [5.41, 5.74) is -0.0929. The molecule has 3 atom stereocenters. The summed E-state index contributed by atoms with van der Waals surface area (Å²) >= 11 is 0. The van der Waals surface area contributed by atoms with Gasteiger partial charge in [-0.05, 0) is 24.7 Å². The number of carboxylic acid groups (broad SMARTS) is 1. The fourth-order valence-corrected chi connectivity index (χ4v) is 2.51. The molecular formula is C12H18N2O4. The highest BCUT2D eigenvalue weighted by Gasteiger charge is 2.32. The van der Waals surface area contributed by atoms with Crippen LogP contribution in [0.15, 0.2) is 5.16 Å². The average molecular weight is 254 g/mol. The molecule has 1 heterocycles. The van der Waals surface area contributed by atoms with Crippen LogP contribution >= 0.6 is 0 Å². The number of aliphatic carboxylic acids is 1. The molecule has 1 aliphatic heterocycles. The molecule has 0 aromatic heterocycles. The van der Waals surface area contributed by atoms with Gasteiger partial charge in [0.25, 0.3) is 5.91 Å². The van der Waals surface area contributed by atoms with E-state index in [1.807, 2.05) is 0 Å². The van der Waals surface area contributed by atoms with Crippen molar-refractivity contribution in [1.82, 2.24) is 5.32 Å². The van der Waals surface area contributed by atoms with Gasteiger partial charge in [0.1, 0.15) is 0 Å². The minimum absolute atomic E-state index is 0.0439. The molecule has 0 radical (unpaired) electrons. The first-order valence-corrected chi connectivity index (χ1v) is 6.30. The molecule has 0 spiro atoms. The van der Waals surface area contributed by atoms with Gasteiger partial charge in [-0.3, -0.25) is 4.79 Å². The Kier molecular flexibility index (Phi) is 3.84. The van der Waals surface area contributed by atoms with Gasteiger partial charge in [0.15, 0.2) is 5.71 Å². The maximum Gasteiger partial charge on any atom is 0.353 e. The lowest BCUT2D eigenvalue weighted by molar-refractivity contribution is -0.131. The van der Waals surface area contributed by atoms with Gasteiger partial charge < -0.3 is 15.3 Å². The summed E-state index contributed by atoms with van der Waals surface area (Å²) in [6.45, 7) is 2.86. The average Bonchev–Trinajstić information content (AvgIpc) is 2.94. The minimum Gasteiger partial charge on any atom is -0.477 e. The van der Waals surface area contributed by atoms with Crippen LogP contribution in [0.3, 0.4) is 0 Å². The zero-order valence-corrected chi connectivity index (χ0v) is 10.4. The van der Waals surface area contributed by atoms with Crippen molar-refractivity contribution in [2.75, 3.05) is 6.54 Å². The Labute approximate surface area is 105 Å². The van der Waals surface area contributed by atoms with Crippen molar-refractivity contribution in [3.8, 4) is 0 Å². The Hall–Kier alpha value is -1.59. The number of amides is 1. The summed E-state index contributed by atoms with van der Waals surface area (Å²) in [6, 6.07) is 0. The van der Waals surface area contributed by atoms with E-state index < -0.39 is 12.1 Å². The predicted octanol–water partition coefficient (Wildman–Crippen LogP) is 0.768. The molecule has 2 N–H and O–H groups in total. The highest BCUT2D eigenvalue weighted by Crippen LogP contribution is 2.29. The first-order valence-electron chi connectivity index (χ1n) is 6.30. The van der Waals surface area contributed by atoms with Gasteiger partial charge >= 0.3 is 5.97 Å². The number of hydrogen-bond donors (Lipinski definition) is 2. The highest BCUT2D eigenvalue weighted by atomic mass is 16.6. The summed E-state index contributed by atoms with van der Waals surface area (Å²) in [7, 11) is 0. The number of hydrogen-bond acceptors (Lipinski definition) is 4. The Morgan fingerprint density at radius 3 is 2.83 bits per heavy atom. The first-order chi connectivity index (χ1) is 8.56. The van der Waals surface area contributed by atoms with Crippen molar-refractivity contribution in [3.63, 3.8) is 0 Å². The third kappa shape index (κ3) is 3.00. The summed E-state index contributed by atoms with van der Waals surface area (Å²) in [5.74, 6) is -0.133. The van der Waals surface area contributed by atoms with Gasteiger partial charge in [0.05, 0.1) is 0 Å². The summed E-state index contributed by atoms with van der Waals surface area (Å²) < 4.78 is 0. The lowest BCUT2D eigenvalue weighted by Crippen LogP contribution is -2.37. The summed E-state index contributed by atoms with van der Waals surface area (Å²) in [5, 5.41) is 14.9. The van der Waals surface area contributed by atoms with Crippen LogP contribution < -0.4 is 5.32 Å². The van der Waals surface area contributed by atoms with E-state index in [1.165, 1.54) is 6.42 Å². The molecule has 3 unspecified atom stereocenters. The van der Waals surface area contributed by atoms with Crippen LogP contribution in [-0.4, -0.2) is 35.3 Å². The second-order valence-electron chi connectivity index (χ2n) is 5.17. The number of nitrogens with zero attached hydrogens (tertiary/aromatic N) is 1. The molecule has 0 aromatic rings. The molecule has 18 heavy (non-hydrogen) atoms. The van der Waals surface area contributed by atoms with Crippen LogP contribution in [0, 0.1) is 11.8 Å². The largest absolute Gasteiger partial charge is 0.477 e. The molecule has 0 bridgehead atoms. The normalized spacial score (nSPS) is 30.7. The smallest absolute Gasteiger partial charge is 0.353 e. The first kappa shape index (κ1) is 12.9. The Balaban J connectivity index is 1.72. The van der Waals surface area contributed by atoms with Crippen molar-refractivity contribution >= 4 is 17.6 Å². The lowest BCUT2D eigenvalue weighted by atomic mass is 10.1. The van der Waals surface area contributed by atoms with Crippen LogP contribution in [0.4, 0.5) is 0 Å². The predicted molar refractivity (Wildman–Crippen MR) is 64.1 cm³/mol. The van der Waals surface area contributed by atoms with E-state index in [9.17, 15) is 9.59 Å². The molecule has 100 valence electrons. The van der Waals surface area contributed by atoms with E-state index in [0.29, 0.717) is 12.5 Å². The summed E-state index contributed by atoms with van der Waals surface area (Å²) in [4.78, 5) is 27.2. The Bertz CT molecular complexity index is 380. The standard InChI is InChI=1S/C12H18N2O4/c1-7-2-3-8(4-7)6-13-11(15)10-5-9(12(16)17)14-18-10/h7-8,10H,2-6H2,1H3,(H,13,15)(H,16,17). The van der Waals surface area contributed by atoms with Crippen molar-refractivity contribution < 1.29 is 19.5 Å². The number of rotatable bonds is 4. The SMILES string of the molecule is CC1CCC(CNC(=O)C2CC(C(=O)O)=NO2)C1. The second kappa shape index (κ2) is 5.37. The van der Waals surface area contributed by atoms with Crippen molar-refractivity contribution in [2.24, 2.45) is 17.0 Å². The van der Waals surface area contributed by atoms with E-state index in [2.05, 4.69) is 17.4 Å². The maximum atomic E-state index is 11.7. The van der Waals surface area contributed by atoms with Gasteiger partial charge in [-0.25, -0.2) is 4.79 Å². The molecule has 1 amide bonds. The van der Waals surface area contributed by atoms with Gasteiger partial charge in [0.2, 0.25) is 6.10 Å². The molecule has 0 saturated heterocycles. The van der Waals surface area contributed by atoms with Gasteiger partial charge in [-0.2, -0.15) is 0 Å². The van der Waals surface area contributed by atoms with Gasteiger partial charge in [0, 0.05) is 13.0 Å². The molecule has 1 saturated carbocycles. The topological polar surface area (TPSA) is 88.0 Å². The Morgan fingerprint density at radius 2 is 2.28 bits per heavy atom. The summed E-state index contributed by atoms with van der Waals surface area (Å²) in [6.07, 6.45) is 2.76. The fraction of sp³-hybridized carbons (Fsp3) is 0.750. The molecule has 1 fully saturated rings. The van der Waals surface area contributed by atoms with Gasteiger partial charge in [-0.15, -0.1) is 0 Å². The zero-order chi connectivity index (χ0) is 13.1. The maximum absolute atomic E-state index is 11.7. The van der Waals surface area contributed by atoms with Crippen molar-refractivity contribution in [3.05, 3.63) is 0 Å². The quantitative estimate of drug-likeness (QED) is 0.775. The van der Waals surface area contributed by atoms with Crippen molar-refractivity contribution in [2.45, 2.75) is 38.7 Å². The van der Waals surface area contributed by atoms with E-state index in [4.69, 9.17) is 9.94 Å². The molecule has 2 aliphatic rings. The lowest BCUT2D eigenvalue weighted by Gasteiger charge is -2.13. The fourth-order valence-electron chi connectivity index (χ4n) is 2.51. The molecule has 1 aliphatic carbocycles. The molecule has 0 aromatic carbocycles. The second-order valence-corrected chi connectivity index (χ2v) is 5.17. The van der Waals surface area contributed by atoms with E-state index >= 15 is 0 Å². The number of carbonyl (C=O) groups excluding carboxylic acids is 1. The molecule has 6 heteroatoms. The van der Waals surface area contributed by atoms with Crippen LogP contribution in [0.2, 0.25) is 0 Å². The van der Waals surface area contributed by atoms with E-state index in [0.717, 1.165) is 18.8 Å². The number of carbonyl (C=O) groups is 2. The highest BCUT2D eigenvalue weighted by molar-refractivity contribution is 6.36. The number of carboxylic acids is 1. The monoisotopic (exact) mass is 254 g/mol. The Morgan fingerprint density at radius 1 is 1.50 bits per heavy atom. The zero-order valence-electron chi connectivity index (χ0n) is 10.4.